The number of nitrogens with one attached hydrogen (secondary N) is 1. The van der Waals surface area contributed by atoms with E-state index in [9.17, 15) is 9.59 Å². The van der Waals surface area contributed by atoms with E-state index in [1.54, 1.807) is 12.1 Å². The van der Waals surface area contributed by atoms with E-state index < -0.39 is 12.1 Å². The minimum atomic E-state index is -1.03. The molecule has 1 aromatic rings. The smallest absolute Gasteiger partial charge is 0.222 e. The Morgan fingerprint density at radius 2 is 1.89 bits per heavy atom. The summed E-state index contributed by atoms with van der Waals surface area (Å²) in [5.74, 6) is -0.691. The Morgan fingerprint density at radius 3 is 2.39 bits per heavy atom. The van der Waals surface area contributed by atoms with Gasteiger partial charge >= 0.3 is 0 Å². The van der Waals surface area contributed by atoms with E-state index in [4.69, 9.17) is 21.1 Å². The zero-order chi connectivity index (χ0) is 13.7. The summed E-state index contributed by atoms with van der Waals surface area (Å²) in [5.41, 5.74) is 0.613. The predicted molar refractivity (Wildman–Crippen MR) is 67.9 cm³/mol. The second kappa shape index (κ2) is 6.49. The van der Waals surface area contributed by atoms with Crippen molar-refractivity contribution < 1.29 is 19.1 Å². The maximum Gasteiger partial charge on any atom is 0.222 e. The van der Waals surface area contributed by atoms with Crippen LogP contribution < -0.4 is 5.32 Å². The highest BCUT2D eigenvalue weighted by Crippen LogP contribution is 2.23. The van der Waals surface area contributed by atoms with Gasteiger partial charge in [-0.15, -0.1) is 0 Å². The van der Waals surface area contributed by atoms with Crippen LogP contribution in [0.5, 0.6) is 0 Å². The van der Waals surface area contributed by atoms with Crippen molar-refractivity contribution in [2.45, 2.75) is 13.2 Å². The number of hydrogen-bond donors (Lipinski definition) is 1. The van der Waals surface area contributed by atoms with E-state index >= 15 is 0 Å². The van der Waals surface area contributed by atoms with Gasteiger partial charge in [0.15, 0.2) is 0 Å². The van der Waals surface area contributed by atoms with Crippen LogP contribution in [0.2, 0.25) is 5.02 Å². The van der Waals surface area contributed by atoms with Gasteiger partial charge in [0, 0.05) is 31.7 Å². The summed E-state index contributed by atoms with van der Waals surface area (Å²) in [4.78, 5) is 23.2. The molecule has 0 bridgehead atoms. The van der Waals surface area contributed by atoms with Gasteiger partial charge in [0.1, 0.15) is 0 Å². The molecule has 0 atom stereocenters. The Morgan fingerprint density at radius 1 is 1.28 bits per heavy atom. The number of benzene rings is 1. The molecule has 1 N–H and O–H groups in total. The van der Waals surface area contributed by atoms with Crippen LogP contribution in [0.25, 0.3) is 0 Å². The molecule has 1 rings (SSSR count). The topological polar surface area (TPSA) is 64.6 Å². The highest BCUT2D eigenvalue weighted by Gasteiger charge is 2.22. The lowest BCUT2D eigenvalue weighted by Crippen LogP contribution is -2.26. The van der Waals surface area contributed by atoms with Crippen molar-refractivity contribution in [1.29, 1.82) is 0 Å². The number of rotatable bonds is 5. The third-order valence-electron chi connectivity index (χ3n) is 2.20. The van der Waals surface area contributed by atoms with Crippen molar-refractivity contribution in [3.63, 3.8) is 0 Å². The first-order chi connectivity index (χ1) is 8.49. The number of Topliss-reactive ketones (excluding diaryl/α,β-unsaturated/α-hetero) is 1. The van der Waals surface area contributed by atoms with Crippen LogP contribution in [-0.4, -0.2) is 32.2 Å². The van der Waals surface area contributed by atoms with Crippen molar-refractivity contribution >= 4 is 29.0 Å². The fourth-order valence-electron chi connectivity index (χ4n) is 1.46. The summed E-state index contributed by atoms with van der Waals surface area (Å²) >= 11 is 5.84. The largest absolute Gasteiger partial charge is 0.349 e. The Hall–Kier alpha value is -1.43. The van der Waals surface area contributed by atoms with Crippen LogP contribution in [-0.2, 0) is 14.3 Å². The van der Waals surface area contributed by atoms with Gasteiger partial charge in [-0.25, -0.2) is 0 Å². The van der Waals surface area contributed by atoms with E-state index in [0.717, 1.165) is 0 Å². The molecule has 98 valence electrons. The molecule has 0 spiro atoms. The first-order valence-electron chi connectivity index (χ1n) is 5.16. The molecule has 18 heavy (non-hydrogen) atoms. The lowest BCUT2D eigenvalue weighted by molar-refractivity contribution is -0.114. The van der Waals surface area contributed by atoms with Gasteiger partial charge in [0.05, 0.1) is 5.69 Å². The average molecular weight is 272 g/mol. The zero-order valence-corrected chi connectivity index (χ0v) is 11.1. The first-order valence-corrected chi connectivity index (χ1v) is 5.54. The molecule has 5 nitrogen and oxygen atoms in total. The molecule has 0 saturated heterocycles. The number of halogens is 1. The van der Waals surface area contributed by atoms with Crippen molar-refractivity contribution in [2.24, 2.45) is 0 Å². The molecule has 0 fully saturated rings. The number of carbonyl (C=O) groups excluding carboxylic acids is 2. The SMILES string of the molecule is COC(OC)C(=O)c1cc(Cl)ccc1NC(C)=O. The molecule has 0 unspecified atom stereocenters. The minimum absolute atomic E-state index is 0.242. The van der Waals surface area contributed by atoms with Gasteiger partial charge in [-0.1, -0.05) is 11.6 Å². The number of hydrogen-bond acceptors (Lipinski definition) is 4. The number of ether oxygens (including phenoxy) is 2. The highest BCUT2D eigenvalue weighted by atomic mass is 35.5. The zero-order valence-electron chi connectivity index (χ0n) is 10.3. The van der Waals surface area contributed by atoms with E-state index in [0.29, 0.717) is 10.7 Å². The molecular weight excluding hydrogens is 258 g/mol. The number of amides is 1. The minimum Gasteiger partial charge on any atom is -0.349 e. The Labute approximate surface area is 110 Å². The first kappa shape index (κ1) is 14.6. The van der Waals surface area contributed by atoms with Crippen molar-refractivity contribution in [2.75, 3.05) is 19.5 Å². The van der Waals surface area contributed by atoms with Gasteiger partial charge in [-0.2, -0.15) is 0 Å². The molecule has 0 heterocycles. The second-order valence-electron chi connectivity index (χ2n) is 3.54. The van der Waals surface area contributed by atoms with Crippen LogP contribution in [0.3, 0.4) is 0 Å². The molecule has 6 heteroatoms. The number of ketones is 1. The highest BCUT2D eigenvalue weighted by molar-refractivity contribution is 6.31. The van der Waals surface area contributed by atoms with Crippen molar-refractivity contribution in [1.82, 2.24) is 0 Å². The molecule has 0 aromatic heterocycles. The fourth-order valence-corrected chi connectivity index (χ4v) is 1.63. The van der Waals surface area contributed by atoms with Gasteiger partial charge < -0.3 is 14.8 Å². The maximum atomic E-state index is 12.1. The molecule has 0 aliphatic heterocycles. The van der Waals surface area contributed by atoms with E-state index in [1.165, 1.54) is 27.2 Å². The van der Waals surface area contributed by atoms with Crippen molar-refractivity contribution in [3.05, 3.63) is 28.8 Å². The van der Waals surface area contributed by atoms with Crippen LogP contribution >= 0.6 is 11.6 Å². The summed E-state index contributed by atoms with van der Waals surface area (Å²) in [5, 5.41) is 2.94. The van der Waals surface area contributed by atoms with Crippen LogP contribution in [0.1, 0.15) is 17.3 Å². The lowest BCUT2D eigenvalue weighted by atomic mass is 10.1. The summed E-state index contributed by atoms with van der Waals surface area (Å²) in [6, 6.07) is 4.60. The molecule has 1 amide bonds. The summed E-state index contributed by atoms with van der Waals surface area (Å²) in [6.45, 7) is 1.35. The molecule has 1 aromatic carbocycles. The number of methoxy groups -OCH3 is 2. The van der Waals surface area contributed by atoms with Gasteiger partial charge in [0.2, 0.25) is 18.0 Å². The van der Waals surface area contributed by atoms with Gasteiger partial charge in [-0.05, 0) is 18.2 Å². The van der Waals surface area contributed by atoms with Gasteiger partial charge in [0.25, 0.3) is 0 Å². The van der Waals surface area contributed by atoms with Crippen molar-refractivity contribution in [3.8, 4) is 0 Å². The summed E-state index contributed by atoms with van der Waals surface area (Å²) in [6.07, 6.45) is -1.03. The Kier molecular flexibility index (Phi) is 5.27. The Balaban J connectivity index is 3.15. The quantitative estimate of drug-likeness (QED) is 0.658. The molecular formula is C12H14ClNO4. The standard InChI is InChI=1S/C12H14ClNO4/c1-7(15)14-10-5-4-8(13)6-9(10)11(16)12(17-2)18-3/h4-6,12H,1-3H3,(H,14,15). The Bertz CT molecular complexity index is 457. The maximum absolute atomic E-state index is 12.1. The number of anilines is 1. The third-order valence-corrected chi connectivity index (χ3v) is 2.44. The molecule has 0 aliphatic carbocycles. The second-order valence-corrected chi connectivity index (χ2v) is 3.98. The normalized spacial score (nSPS) is 10.5. The molecule has 0 radical (unpaired) electrons. The predicted octanol–water partition coefficient (Wildman–Crippen LogP) is 2.10. The van der Waals surface area contributed by atoms with Crippen LogP contribution in [0.4, 0.5) is 5.69 Å². The summed E-state index contributed by atoms with van der Waals surface area (Å²) < 4.78 is 9.78. The van der Waals surface area contributed by atoms with Crippen LogP contribution in [0, 0.1) is 0 Å². The summed E-state index contributed by atoms with van der Waals surface area (Å²) in [7, 11) is 2.71. The molecule has 0 aliphatic rings. The van der Waals surface area contributed by atoms with Gasteiger partial charge in [-0.3, -0.25) is 9.59 Å². The molecule has 0 saturated carbocycles. The third kappa shape index (κ3) is 3.53. The van der Waals surface area contributed by atoms with E-state index in [-0.39, 0.29) is 11.5 Å². The fraction of sp³-hybridized carbons (Fsp3) is 0.333. The monoisotopic (exact) mass is 271 g/mol. The van der Waals surface area contributed by atoms with E-state index in [2.05, 4.69) is 5.32 Å². The number of carbonyl (C=O) groups is 2. The lowest BCUT2D eigenvalue weighted by Gasteiger charge is -2.15. The van der Waals surface area contributed by atoms with Crippen LogP contribution in [0.15, 0.2) is 18.2 Å². The average Bonchev–Trinajstić information content (AvgIpc) is 2.32. The van der Waals surface area contributed by atoms with E-state index in [1.807, 2.05) is 0 Å².